The smallest absolute Gasteiger partial charge is 0.153 e. The van der Waals surface area contributed by atoms with Crippen molar-refractivity contribution in [3.8, 4) is 6.07 Å². The molecule has 2 aliphatic carbocycles. The second kappa shape index (κ2) is 5.04. The van der Waals surface area contributed by atoms with Crippen molar-refractivity contribution in [1.82, 2.24) is 0 Å². The number of hydrogen-bond donors (Lipinski definition) is 0. The first-order chi connectivity index (χ1) is 8.23. The van der Waals surface area contributed by atoms with Gasteiger partial charge >= 0.3 is 0 Å². The van der Waals surface area contributed by atoms with Crippen LogP contribution in [0, 0.1) is 22.7 Å². The van der Waals surface area contributed by atoms with Crippen molar-refractivity contribution in [3.63, 3.8) is 0 Å². The number of nitrogens with zero attached hydrogens (tertiary/aromatic N) is 1. The quantitative estimate of drug-likeness (QED) is 0.694. The van der Waals surface area contributed by atoms with Gasteiger partial charge in [-0.15, -0.1) is 0 Å². The zero-order valence-corrected chi connectivity index (χ0v) is 10.7. The zero-order valence-electron chi connectivity index (χ0n) is 10.7. The van der Waals surface area contributed by atoms with Crippen LogP contribution in [0.1, 0.15) is 58.3 Å². The van der Waals surface area contributed by atoms with Crippen LogP contribution in [-0.4, -0.2) is 5.78 Å². The van der Waals surface area contributed by atoms with Gasteiger partial charge in [0, 0.05) is 6.42 Å². The lowest BCUT2D eigenvalue weighted by molar-refractivity contribution is -0.131. The van der Waals surface area contributed by atoms with Gasteiger partial charge in [0.15, 0.2) is 5.78 Å². The van der Waals surface area contributed by atoms with E-state index in [2.05, 4.69) is 19.1 Å². The number of ketones is 1. The first-order valence-electron chi connectivity index (χ1n) is 6.85. The summed E-state index contributed by atoms with van der Waals surface area (Å²) in [6.07, 6.45) is 10.0. The molecule has 2 nitrogen and oxygen atoms in total. The Balaban J connectivity index is 2.18. The highest BCUT2D eigenvalue weighted by Crippen LogP contribution is 2.48. The van der Waals surface area contributed by atoms with Crippen LogP contribution in [0.5, 0.6) is 0 Å². The number of Topliss-reactive ketones (excluding diaryl/α,β-unsaturated/α-hetero) is 1. The molecule has 1 fully saturated rings. The SMILES string of the molecule is CCCCC1=CC[C@H]2CCCC(=O)[C@]2(C#N)C1. The van der Waals surface area contributed by atoms with Crippen LogP contribution >= 0.6 is 0 Å². The molecule has 2 heteroatoms. The van der Waals surface area contributed by atoms with E-state index in [1.54, 1.807) is 0 Å². The van der Waals surface area contributed by atoms with Gasteiger partial charge in [-0.25, -0.2) is 0 Å². The number of fused-ring (bicyclic) bond motifs is 1. The molecule has 0 heterocycles. The zero-order chi connectivity index (χ0) is 12.3. The van der Waals surface area contributed by atoms with E-state index in [9.17, 15) is 10.1 Å². The molecule has 0 aliphatic heterocycles. The number of allylic oxidation sites excluding steroid dienone is 2. The van der Waals surface area contributed by atoms with Crippen LogP contribution in [0.4, 0.5) is 0 Å². The normalized spacial score (nSPS) is 32.6. The van der Waals surface area contributed by atoms with Crippen molar-refractivity contribution >= 4 is 5.78 Å². The highest BCUT2D eigenvalue weighted by molar-refractivity contribution is 5.89. The molecule has 1 saturated carbocycles. The van der Waals surface area contributed by atoms with Crippen LogP contribution in [0.3, 0.4) is 0 Å². The highest BCUT2D eigenvalue weighted by atomic mass is 16.1. The van der Waals surface area contributed by atoms with Gasteiger partial charge in [0.1, 0.15) is 5.41 Å². The van der Waals surface area contributed by atoms with Gasteiger partial charge in [-0.3, -0.25) is 4.79 Å². The first kappa shape index (κ1) is 12.4. The standard InChI is InChI=1S/C15H21NO/c1-2-3-5-12-8-9-13-6-4-7-14(17)15(13,10-12)11-16/h8,13H,2-7,9-10H2,1H3/t13-,15+/m1/s1. The maximum absolute atomic E-state index is 12.2. The summed E-state index contributed by atoms with van der Waals surface area (Å²) in [6.45, 7) is 2.18. The predicted molar refractivity (Wildman–Crippen MR) is 67.2 cm³/mol. The lowest BCUT2D eigenvalue weighted by atomic mass is 9.59. The summed E-state index contributed by atoms with van der Waals surface area (Å²) in [5, 5.41) is 9.49. The Morgan fingerprint density at radius 3 is 3.12 bits per heavy atom. The molecular formula is C15H21NO. The number of unbranched alkanes of at least 4 members (excludes halogenated alkanes) is 1. The molecule has 0 bridgehead atoms. The fourth-order valence-electron chi connectivity index (χ4n) is 3.29. The molecule has 0 aromatic rings. The summed E-state index contributed by atoms with van der Waals surface area (Å²) in [5.41, 5.74) is 0.690. The molecule has 0 radical (unpaired) electrons. The van der Waals surface area contributed by atoms with Gasteiger partial charge in [0.05, 0.1) is 6.07 Å². The van der Waals surface area contributed by atoms with Crippen molar-refractivity contribution in [3.05, 3.63) is 11.6 Å². The second-order valence-electron chi connectivity index (χ2n) is 5.47. The molecule has 92 valence electrons. The van der Waals surface area contributed by atoms with Crippen molar-refractivity contribution in [1.29, 1.82) is 5.26 Å². The van der Waals surface area contributed by atoms with Gasteiger partial charge in [-0.05, 0) is 44.4 Å². The Morgan fingerprint density at radius 2 is 2.41 bits per heavy atom. The van der Waals surface area contributed by atoms with Gasteiger partial charge < -0.3 is 0 Å². The number of rotatable bonds is 3. The predicted octanol–water partition coefficient (Wildman–Crippen LogP) is 3.78. The summed E-state index contributed by atoms with van der Waals surface area (Å²) < 4.78 is 0. The average Bonchev–Trinajstić information content (AvgIpc) is 2.37. The topological polar surface area (TPSA) is 40.9 Å². The van der Waals surface area contributed by atoms with E-state index in [1.165, 1.54) is 18.4 Å². The molecule has 17 heavy (non-hydrogen) atoms. The number of hydrogen-bond acceptors (Lipinski definition) is 2. The summed E-state index contributed by atoms with van der Waals surface area (Å²) in [7, 11) is 0. The molecular weight excluding hydrogens is 210 g/mol. The van der Waals surface area contributed by atoms with E-state index >= 15 is 0 Å². The lowest BCUT2D eigenvalue weighted by Crippen LogP contribution is -2.42. The Bertz CT molecular complexity index is 377. The fraction of sp³-hybridized carbons (Fsp3) is 0.733. The minimum Gasteiger partial charge on any atom is -0.298 e. The van der Waals surface area contributed by atoms with Crippen molar-refractivity contribution in [2.75, 3.05) is 0 Å². The molecule has 2 aliphatic rings. The maximum atomic E-state index is 12.2. The highest BCUT2D eigenvalue weighted by Gasteiger charge is 2.49. The molecule has 0 N–H and O–H groups in total. The van der Waals surface area contributed by atoms with Gasteiger partial charge in [0.2, 0.25) is 0 Å². The van der Waals surface area contributed by atoms with E-state index in [-0.39, 0.29) is 5.78 Å². The molecule has 2 atom stereocenters. The van der Waals surface area contributed by atoms with E-state index in [0.717, 1.165) is 25.7 Å². The second-order valence-corrected chi connectivity index (χ2v) is 5.47. The fourth-order valence-corrected chi connectivity index (χ4v) is 3.29. The molecule has 0 spiro atoms. The Kier molecular flexibility index (Phi) is 3.66. The van der Waals surface area contributed by atoms with Crippen LogP contribution in [0.15, 0.2) is 11.6 Å². The summed E-state index contributed by atoms with van der Waals surface area (Å²) in [6, 6.07) is 2.39. The van der Waals surface area contributed by atoms with Crippen LogP contribution in [0.2, 0.25) is 0 Å². The van der Waals surface area contributed by atoms with E-state index in [0.29, 0.717) is 18.8 Å². The Labute approximate surface area is 104 Å². The summed E-state index contributed by atoms with van der Waals surface area (Å²) >= 11 is 0. The minimum absolute atomic E-state index is 0.207. The largest absolute Gasteiger partial charge is 0.298 e. The van der Waals surface area contributed by atoms with Gasteiger partial charge in [-0.2, -0.15) is 5.26 Å². The van der Waals surface area contributed by atoms with Gasteiger partial charge in [0.25, 0.3) is 0 Å². The number of carbonyl (C=O) groups is 1. The molecule has 0 aromatic heterocycles. The van der Waals surface area contributed by atoms with Crippen molar-refractivity contribution in [2.45, 2.75) is 58.3 Å². The molecule has 0 amide bonds. The van der Waals surface area contributed by atoms with Crippen LogP contribution in [0.25, 0.3) is 0 Å². The van der Waals surface area contributed by atoms with Crippen molar-refractivity contribution < 1.29 is 4.79 Å². The van der Waals surface area contributed by atoms with Crippen molar-refractivity contribution in [2.24, 2.45) is 11.3 Å². The third-order valence-electron chi connectivity index (χ3n) is 4.40. The third-order valence-corrected chi connectivity index (χ3v) is 4.40. The maximum Gasteiger partial charge on any atom is 0.153 e. The average molecular weight is 231 g/mol. The van der Waals surface area contributed by atoms with Crippen LogP contribution < -0.4 is 0 Å². The molecule has 0 saturated heterocycles. The molecule has 0 unspecified atom stereocenters. The monoisotopic (exact) mass is 231 g/mol. The van der Waals surface area contributed by atoms with E-state index in [4.69, 9.17) is 0 Å². The lowest BCUT2D eigenvalue weighted by Gasteiger charge is -2.40. The molecule has 2 rings (SSSR count). The third kappa shape index (κ3) is 2.16. The number of nitriles is 1. The summed E-state index contributed by atoms with van der Waals surface area (Å²) in [5.74, 6) is 0.498. The molecule has 0 aromatic carbocycles. The number of carbonyl (C=O) groups excluding carboxylic acids is 1. The van der Waals surface area contributed by atoms with E-state index in [1.807, 2.05) is 0 Å². The Morgan fingerprint density at radius 1 is 1.59 bits per heavy atom. The summed E-state index contributed by atoms with van der Waals surface area (Å²) in [4.78, 5) is 12.2. The van der Waals surface area contributed by atoms with Gasteiger partial charge in [-0.1, -0.05) is 25.0 Å². The van der Waals surface area contributed by atoms with E-state index < -0.39 is 5.41 Å². The minimum atomic E-state index is -0.657. The van der Waals surface area contributed by atoms with Crippen LogP contribution in [-0.2, 0) is 4.79 Å². The Hall–Kier alpha value is -1.10. The first-order valence-corrected chi connectivity index (χ1v) is 6.85.